The molecule has 4 N–H and O–H groups in total. The summed E-state index contributed by atoms with van der Waals surface area (Å²) < 4.78 is 10.6. The fraction of sp³-hybridized carbons (Fsp3) is 0. The minimum absolute atomic E-state index is 0.0165. The van der Waals surface area contributed by atoms with Crippen molar-refractivity contribution in [2.24, 2.45) is 0 Å². The summed E-state index contributed by atoms with van der Waals surface area (Å²) in [5.74, 6) is -1.65. The van der Waals surface area contributed by atoms with E-state index in [0.29, 0.717) is 0 Å². The molecule has 8 heteroatoms. The molecule has 0 spiro atoms. The van der Waals surface area contributed by atoms with Crippen molar-refractivity contribution in [3.8, 4) is 40.1 Å². The van der Waals surface area contributed by atoms with Crippen molar-refractivity contribution in [2.45, 2.75) is 0 Å². The van der Waals surface area contributed by atoms with Crippen molar-refractivity contribution >= 4 is 34.0 Å². The Balaban J connectivity index is 2.40. The molecule has 1 aromatic heterocycles. The Labute approximate surface area is 142 Å². The second-order valence-corrected chi connectivity index (χ2v) is 5.15. The monoisotopic (exact) mass is 428 g/mol. The lowest BCUT2D eigenvalue weighted by molar-refractivity contribution is 0.404. The number of benzene rings is 2. The molecule has 0 aliphatic rings. The Morgan fingerprint density at radius 2 is 1.70 bits per heavy atom. The highest BCUT2D eigenvalue weighted by atomic mass is 127. The third-order valence-electron chi connectivity index (χ3n) is 3.23. The highest BCUT2D eigenvalue weighted by Crippen LogP contribution is 2.38. The summed E-state index contributed by atoms with van der Waals surface area (Å²) in [6.07, 6.45) is 0. The molecule has 0 unspecified atom stereocenters. The van der Waals surface area contributed by atoms with Crippen LogP contribution in [0, 0.1) is 0 Å². The Kier molecular flexibility index (Phi) is 3.68. The molecule has 0 radical (unpaired) electrons. The minimum atomic E-state index is -0.638. The molecule has 0 fully saturated rings. The number of rotatable bonds is 2. The van der Waals surface area contributed by atoms with Crippen LogP contribution in [-0.4, -0.2) is 20.4 Å². The number of halogens is 1. The second kappa shape index (κ2) is 5.54. The maximum atomic E-state index is 12.5. The zero-order valence-electron chi connectivity index (χ0n) is 11.3. The molecule has 0 aliphatic carbocycles. The van der Waals surface area contributed by atoms with E-state index >= 15 is 0 Å². The van der Waals surface area contributed by atoms with Crippen LogP contribution in [0.1, 0.15) is 0 Å². The maximum absolute atomic E-state index is 12.5. The first kappa shape index (κ1) is 15.3. The quantitative estimate of drug-likeness (QED) is 0.366. The third kappa shape index (κ3) is 2.50. The van der Waals surface area contributed by atoms with E-state index in [0.717, 1.165) is 6.07 Å². The van der Waals surface area contributed by atoms with Gasteiger partial charge in [-0.15, -0.1) is 0 Å². The molecule has 3 aromatic rings. The van der Waals surface area contributed by atoms with Gasteiger partial charge in [0.2, 0.25) is 11.2 Å². The predicted molar refractivity (Wildman–Crippen MR) is 89.2 cm³/mol. The molecule has 1 heterocycles. The average molecular weight is 428 g/mol. The number of hydrogen-bond donors (Lipinski definition) is 4. The van der Waals surface area contributed by atoms with Gasteiger partial charge in [0.05, 0.1) is 0 Å². The smallest absolute Gasteiger partial charge is 0.240 e. The van der Waals surface area contributed by atoms with Gasteiger partial charge in [0.25, 0.3) is 0 Å². The van der Waals surface area contributed by atoms with Gasteiger partial charge in [0.1, 0.15) is 22.5 Å². The maximum Gasteiger partial charge on any atom is 0.240 e. The molecular formula is C15H9IO7. The van der Waals surface area contributed by atoms with Crippen LogP contribution < -0.4 is 8.50 Å². The zero-order chi connectivity index (χ0) is 16.7. The predicted octanol–water partition coefficient (Wildman–Crippen LogP) is 3.01. The molecule has 118 valence electrons. The van der Waals surface area contributed by atoms with Gasteiger partial charge in [-0.25, -0.2) is 0 Å². The molecular weight excluding hydrogens is 419 g/mol. The van der Waals surface area contributed by atoms with E-state index in [2.05, 4.69) is 0 Å². The largest absolute Gasteiger partial charge is 0.508 e. The molecule has 3 rings (SSSR count). The number of fused-ring (bicyclic) bond motifs is 1. The van der Waals surface area contributed by atoms with Crippen molar-refractivity contribution in [1.29, 1.82) is 0 Å². The molecule has 2 aromatic carbocycles. The fourth-order valence-electron chi connectivity index (χ4n) is 2.19. The molecule has 0 atom stereocenters. The van der Waals surface area contributed by atoms with Gasteiger partial charge < -0.3 is 27.9 Å². The topological polar surface area (TPSA) is 120 Å². The second-order valence-electron chi connectivity index (χ2n) is 4.71. The molecule has 0 bridgehead atoms. The lowest BCUT2D eigenvalue weighted by Gasteiger charge is -2.09. The number of phenolic OH excluding ortho intramolecular Hbond substituents is 4. The Morgan fingerprint density at radius 3 is 2.35 bits per heavy atom. The first-order valence-electron chi connectivity index (χ1n) is 6.26. The summed E-state index contributed by atoms with van der Waals surface area (Å²) in [6, 6.07) is 6.04. The van der Waals surface area contributed by atoms with Crippen LogP contribution in [0.3, 0.4) is 0 Å². The average Bonchev–Trinajstić information content (AvgIpc) is 2.49. The van der Waals surface area contributed by atoms with Crippen LogP contribution in [0.4, 0.5) is 0 Å². The summed E-state index contributed by atoms with van der Waals surface area (Å²) in [7, 11) is 0. The van der Waals surface area contributed by atoms with E-state index in [4.69, 9.17) is 7.48 Å². The Hall–Kier alpha value is -2.62. The van der Waals surface area contributed by atoms with Crippen molar-refractivity contribution < 1.29 is 27.9 Å². The van der Waals surface area contributed by atoms with Crippen molar-refractivity contribution in [2.75, 3.05) is 0 Å². The molecule has 0 saturated carbocycles. The van der Waals surface area contributed by atoms with Crippen LogP contribution in [0.25, 0.3) is 22.3 Å². The van der Waals surface area contributed by atoms with Gasteiger partial charge in [-0.3, -0.25) is 4.79 Å². The third-order valence-corrected chi connectivity index (χ3v) is 3.67. The zero-order valence-corrected chi connectivity index (χ0v) is 13.4. The summed E-state index contributed by atoms with van der Waals surface area (Å²) in [5.41, 5.74) is -0.415. The van der Waals surface area contributed by atoms with E-state index in [9.17, 15) is 25.2 Å². The SMILES string of the molecule is O=c1c(OI)c(-c2ccc(O)c(O)c2)oc2cc(O)cc(O)c12. The van der Waals surface area contributed by atoms with Gasteiger partial charge in [-0.1, -0.05) is 0 Å². The number of phenols is 4. The van der Waals surface area contributed by atoms with Crippen LogP contribution >= 0.6 is 23.0 Å². The van der Waals surface area contributed by atoms with Gasteiger partial charge in [0, 0.05) is 17.7 Å². The Morgan fingerprint density at radius 1 is 0.957 bits per heavy atom. The lowest BCUT2D eigenvalue weighted by atomic mass is 10.1. The molecule has 7 nitrogen and oxygen atoms in total. The van der Waals surface area contributed by atoms with Gasteiger partial charge in [-0.2, -0.15) is 0 Å². The summed E-state index contributed by atoms with van der Waals surface area (Å²) >= 11 is 1.49. The Bertz CT molecular complexity index is 978. The van der Waals surface area contributed by atoms with Gasteiger partial charge in [-0.05, 0) is 18.2 Å². The number of aromatic hydroxyl groups is 4. The van der Waals surface area contributed by atoms with E-state index in [-0.39, 0.29) is 39.5 Å². The summed E-state index contributed by atoms with van der Waals surface area (Å²) in [6.45, 7) is 0. The normalized spacial score (nSPS) is 10.8. The van der Waals surface area contributed by atoms with Crippen LogP contribution in [0.5, 0.6) is 28.7 Å². The van der Waals surface area contributed by atoms with E-state index in [1.807, 2.05) is 0 Å². The molecule has 0 aliphatic heterocycles. The van der Waals surface area contributed by atoms with Gasteiger partial charge >= 0.3 is 0 Å². The first-order valence-corrected chi connectivity index (χ1v) is 7.14. The van der Waals surface area contributed by atoms with Crippen molar-refractivity contribution in [3.05, 3.63) is 40.6 Å². The van der Waals surface area contributed by atoms with Crippen LogP contribution in [-0.2, 0) is 0 Å². The minimum Gasteiger partial charge on any atom is -0.508 e. The molecule has 23 heavy (non-hydrogen) atoms. The first-order chi connectivity index (χ1) is 10.9. The fourth-order valence-corrected chi connectivity index (χ4v) is 2.59. The lowest BCUT2D eigenvalue weighted by Crippen LogP contribution is -2.05. The molecule has 0 amide bonds. The van der Waals surface area contributed by atoms with E-state index in [1.165, 1.54) is 47.3 Å². The highest BCUT2D eigenvalue weighted by Gasteiger charge is 2.21. The van der Waals surface area contributed by atoms with Gasteiger partial charge in [0.15, 0.2) is 40.3 Å². The van der Waals surface area contributed by atoms with E-state index in [1.54, 1.807) is 0 Å². The highest BCUT2D eigenvalue weighted by molar-refractivity contribution is 14.1. The standard InChI is InChI=1S/C15H9IO7/c16-23-15-13(21)12-10(20)4-7(17)5-11(12)22-14(15)6-1-2-8(18)9(19)3-6/h1-5,17-20H. The number of hydrogen-bond acceptors (Lipinski definition) is 7. The van der Waals surface area contributed by atoms with Crippen molar-refractivity contribution in [3.63, 3.8) is 0 Å². The summed E-state index contributed by atoms with van der Waals surface area (Å²) in [4.78, 5) is 12.5. The van der Waals surface area contributed by atoms with Crippen LogP contribution in [0.15, 0.2) is 39.5 Å². The summed E-state index contributed by atoms with van der Waals surface area (Å²) in [5, 5.41) is 38.2. The molecule has 0 saturated heterocycles. The van der Waals surface area contributed by atoms with E-state index < -0.39 is 16.9 Å². The van der Waals surface area contributed by atoms with Crippen LogP contribution in [0.2, 0.25) is 0 Å². The van der Waals surface area contributed by atoms with Crippen molar-refractivity contribution in [1.82, 2.24) is 0 Å².